The summed E-state index contributed by atoms with van der Waals surface area (Å²) in [7, 11) is 0. The van der Waals surface area contributed by atoms with Crippen molar-refractivity contribution in [3.8, 4) is 0 Å². The highest BCUT2D eigenvalue weighted by atomic mass is 127. The second-order valence-corrected chi connectivity index (χ2v) is 4.96. The summed E-state index contributed by atoms with van der Waals surface area (Å²) in [6.45, 7) is 2.15. The zero-order valence-electron chi connectivity index (χ0n) is 9.13. The molecule has 0 bridgehead atoms. The van der Waals surface area contributed by atoms with Gasteiger partial charge in [0.1, 0.15) is 0 Å². The first kappa shape index (κ1) is 11.6. The molecule has 4 heteroatoms. The maximum Gasteiger partial charge on any atom is 0.0727 e. The number of hydrogen-bond donors (Lipinski definition) is 2. The second kappa shape index (κ2) is 4.97. The number of aryl methyl sites for hydroxylation is 1. The molecule has 1 heterocycles. The van der Waals surface area contributed by atoms with E-state index < -0.39 is 0 Å². The molecule has 0 aliphatic heterocycles. The zero-order chi connectivity index (χ0) is 11.5. The molecule has 3 nitrogen and oxygen atoms in total. The molecule has 3 N–H and O–H groups in total. The van der Waals surface area contributed by atoms with E-state index in [1.54, 1.807) is 0 Å². The van der Waals surface area contributed by atoms with Gasteiger partial charge in [-0.05, 0) is 53.3 Å². The Labute approximate surface area is 109 Å². The van der Waals surface area contributed by atoms with Gasteiger partial charge in [0.25, 0.3) is 0 Å². The van der Waals surface area contributed by atoms with Crippen LogP contribution in [0.1, 0.15) is 19.0 Å². The van der Waals surface area contributed by atoms with Crippen molar-refractivity contribution in [2.75, 3.05) is 5.43 Å². The molecule has 84 valence electrons. The van der Waals surface area contributed by atoms with E-state index >= 15 is 0 Å². The molecule has 0 unspecified atom stereocenters. The van der Waals surface area contributed by atoms with Gasteiger partial charge in [0, 0.05) is 14.7 Å². The Balaban J connectivity index is 2.63. The molecule has 0 saturated heterocycles. The average molecular weight is 327 g/mol. The Morgan fingerprint density at radius 3 is 2.88 bits per heavy atom. The highest BCUT2D eigenvalue weighted by Gasteiger charge is 2.05. The predicted octanol–water partition coefficient (Wildman–Crippen LogP) is 3.08. The van der Waals surface area contributed by atoms with Gasteiger partial charge in [-0.1, -0.05) is 13.3 Å². The fourth-order valence-corrected chi connectivity index (χ4v) is 2.25. The summed E-state index contributed by atoms with van der Waals surface area (Å²) in [6.07, 6.45) is 2.07. The molecule has 0 fully saturated rings. The maximum atomic E-state index is 5.55. The number of rotatable bonds is 3. The van der Waals surface area contributed by atoms with E-state index in [0.29, 0.717) is 0 Å². The zero-order valence-corrected chi connectivity index (χ0v) is 11.3. The largest absolute Gasteiger partial charge is 0.323 e. The first-order chi connectivity index (χ1) is 7.74. The van der Waals surface area contributed by atoms with Crippen molar-refractivity contribution in [2.24, 2.45) is 5.84 Å². The Bertz CT molecular complexity index is 511. The third-order valence-electron chi connectivity index (χ3n) is 2.49. The van der Waals surface area contributed by atoms with Crippen LogP contribution < -0.4 is 11.3 Å². The smallest absolute Gasteiger partial charge is 0.0727 e. The second-order valence-electron chi connectivity index (χ2n) is 3.72. The van der Waals surface area contributed by atoms with Gasteiger partial charge >= 0.3 is 0 Å². The Hall–Kier alpha value is -0.880. The topological polar surface area (TPSA) is 50.9 Å². The summed E-state index contributed by atoms with van der Waals surface area (Å²) in [5.41, 5.74) is 5.79. The number of benzene rings is 1. The Kier molecular flexibility index (Phi) is 3.60. The van der Waals surface area contributed by atoms with Crippen molar-refractivity contribution in [1.29, 1.82) is 0 Å². The van der Waals surface area contributed by atoms with Gasteiger partial charge < -0.3 is 5.43 Å². The van der Waals surface area contributed by atoms with Crippen LogP contribution in [0.3, 0.4) is 0 Å². The van der Waals surface area contributed by atoms with Crippen molar-refractivity contribution >= 4 is 39.2 Å². The van der Waals surface area contributed by atoms with Crippen molar-refractivity contribution in [2.45, 2.75) is 19.8 Å². The van der Waals surface area contributed by atoms with Crippen LogP contribution in [0.15, 0.2) is 24.3 Å². The fraction of sp³-hybridized carbons (Fsp3) is 0.250. The number of fused-ring (bicyclic) bond motifs is 1. The highest BCUT2D eigenvalue weighted by Crippen LogP contribution is 2.24. The number of halogens is 1. The molecule has 0 amide bonds. The van der Waals surface area contributed by atoms with Gasteiger partial charge in [-0.25, -0.2) is 0 Å². The van der Waals surface area contributed by atoms with Crippen molar-refractivity contribution < 1.29 is 0 Å². The molecule has 1 aromatic carbocycles. The number of hydrazine groups is 1. The van der Waals surface area contributed by atoms with Crippen LogP contribution in [0, 0.1) is 3.57 Å². The van der Waals surface area contributed by atoms with Crippen LogP contribution in [0.25, 0.3) is 10.9 Å². The molecule has 16 heavy (non-hydrogen) atoms. The molecule has 0 spiro atoms. The fourth-order valence-electron chi connectivity index (χ4n) is 1.76. The SMILES string of the molecule is CCCc1cc(NN)c2cc(I)ccc2n1. The molecule has 0 atom stereocenters. The minimum atomic E-state index is 0.951. The molecule has 0 aliphatic carbocycles. The molecule has 2 aromatic rings. The van der Waals surface area contributed by atoms with E-state index in [9.17, 15) is 0 Å². The number of hydrogen-bond acceptors (Lipinski definition) is 3. The van der Waals surface area contributed by atoms with Crippen LogP contribution in [-0.2, 0) is 6.42 Å². The van der Waals surface area contributed by atoms with E-state index in [-0.39, 0.29) is 0 Å². The molecular formula is C12H14IN3. The average Bonchev–Trinajstić information content (AvgIpc) is 2.29. The summed E-state index contributed by atoms with van der Waals surface area (Å²) < 4.78 is 1.19. The predicted molar refractivity (Wildman–Crippen MR) is 76.3 cm³/mol. The first-order valence-corrected chi connectivity index (χ1v) is 6.38. The van der Waals surface area contributed by atoms with Gasteiger partial charge in [-0.15, -0.1) is 0 Å². The summed E-state index contributed by atoms with van der Waals surface area (Å²) in [6, 6.07) is 8.22. The minimum Gasteiger partial charge on any atom is -0.323 e. The van der Waals surface area contributed by atoms with E-state index in [1.165, 1.54) is 3.57 Å². The van der Waals surface area contributed by atoms with Crippen LogP contribution in [0.4, 0.5) is 5.69 Å². The first-order valence-electron chi connectivity index (χ1n) is 5.30. The third-order valence-corrected chi connectivity index (χ3v) is 3.16. The van der Waals surface area contributed by atoms with E-state index in [1.807, 2.05) is 12.1 Å². The number of anilines is 1. The van der Waals surface area contributed by atoms with Crippen molar-refractivity contribution in [3.05, 3.63) is 33.5 Å². The number of nitrogens with one attached hydrogen (secondary N) is 1. The van der Waals surface area contributed by atoms with E-state index in [4.69, 9.17) is 5.84 Å². The van der Waals surface area contributed by atoms with Crippen molar-refractivity contribution in [1.82, 2.24) is 4.98 Å². The number of nitrogens with zero attached hydrogens (tertiary/aromatic N) is 1. The van der Waals surface area contributed by atoms with E-state index in [0.717, 1.165) is 35.1 Å². The lowest BCUT2D eigenvalue weighted by Gasteiger charge is -2.08. The Morgan fingerprint density at radius 1 is 1.38 bits per heavy atom. The minimum absolute atomic E-state index is 0.951. The summed E-state index contributed by atoms with van der Waals surface area (Å²) in [4.78, 5) is 4.62. The number of aromatic nitrogens is 1. The summed E-state index contributed by atoms with van der Waals surface area (Å²) >= 11 is 2.29. The van der Waals surface area contributed by atoms with Crippen LogP contribution in [0.5, 0.6) is 0 Å². The van der Waals surface area contributed by atoms with E-state index in [2.05, 4.69) is 52.1 Å². The molecule has 1 aromatic heterocycles. The van der Waals surface area contributed by atoms with Crippen LogP contribution >= 0.6 is 22.6 Å². The highest BCUT2D eigenvalue weighted by molar-refractivity contribution is 14.1. The summed E-state index contributed by atoms with van der Waals surface area (Å²) in [5, 5.41) is 1.08. The standard InChI is InChI=1S/C12H14IN3/c1-2-3-9-7-12(16-14)10-6-8(13)4-5-11(10)15-9/h4-7H,2-3,14H2,1H3,(H,15,16). The normalized spacial score (nSPS) is 10.7. The van der Waals surface area contributed by atoms with Gasteiger partial charge in [0.05, 0.1) is 11.2 Å². The molecule has 0 aliphatic rings. The number of nitrogen functional groups attached to an aromatic ring is 1. The van der Waals surface area contributed by atoms with Gasteiger partial charge in [0.2, 0.25) is 0 Å². The molecule has 2 rings (SSSR count). The van der Waals surface area contributed by atoms with Gasteiger partial charge in [0.15, 0.2) is 0 Å². The molecular weight excluding hydrogens is 313 g/mol. The molecule has 0 radical (unpaired) electrons. The van der Waals surface area contributed by atoms with Crippen LogP contribution in [0.2, 0.25) is 0 Å². The summed E-state index contributed by atoms with van der Waals surface area (Å²) in [5.74, 6) is 5.55. The van der Waals surface area contributed by atoms with Crippen molar-refractivity contribution in [3.63, 3.8) is 0 Å². The van der Waals surface area contributed by atoms with Gasteiger partial charge in [-0.2, -0.15) is 0 Å². The Morgan fingerprint density at radius 2 is 2.19 bits per heavy atom. The lowest BCUT2D eigenvalue weighted by Crippen LogP contribution is -2.08. The maximum absolute atomic E-state index is 5.55. The number of pyridine rings is 1. The number of nitrogens with two attached hydrogens (primary N) is 1. The molecule has 0 saturated carbocycles. The lowest BCUT2D eigenvalue weighted by molar-refractivity contribution is 0.890. The van der Waals surface area contributed by atoms with Gasteiger partial charge in [-0.3, -0.25) is 10.8 Å². The third kappa shape index (κ3) is 2.27. The lowest BCUT2D eigenvalue weighted by atomic mass is 10.1. The van der Waals surface area contributed by atoms with Crippen LogP contribution in [-0.4, -0.2) is 4.98 Å². The monoisotopic (exact) mass is 327 g/mol. The quantitative estimate of drug-likeness (QED) is 0.517.